The van der Waals surface area contributed by atoms with Gasteiger partial charge in [-0.15, -0.1) is 0 Å². The third-order valence-corrected chi connectivity index (χ3v) is 7.95. The summed E-state index contributed by atoms with van der Waals surface area (Å²) in [6.45, 7) is 5.22. The molecule has 0 unspecified atom stereocenters. The highest BCUT2D eigenvalue weighted by molar-refractivity contribution is 5.74. The summed E-state index contributed by atoms with van der Waals surface area (Å²) in [7, 11) is 0. The fourth-order valence-corrected chi connectivity index (χ4v) is 5.86. The Bertz CT molecular complexity index is 1140. The van der Waals surface area contributed by atoms with Crippen molar-refractivity contribution >= 4 is 5.97 Å². The molecule has 5 atom stereocenters. The zero-order valence-electron chi connectivity index (χ0n) is 22.3. The van der Waals surface area contributed by atoms with E-state index in [1.807, 2.05) is 30.3 Å². The van der Waals surface area contributed by atoms with Crippen molar-refractivity contribution < 1.29 is 45.7 Å². The van der Waals surface area contributed by atoms with Crippen LogP contribution in [0.3, 0.4) is 0 Å². The van der Waals surface area contributed by atoms with Gasteiger partial charge < -0.3 is 19.5 Å². The Hall–Kier alpha value is -2.63. The van der Waals surface area contributed by atoms with Crippen LogP contribution in [0.25, 0.3) is 0 Å². The summed E-state index contributed by atoms with van der Waals surface area (Å²) < 4.78 is 92.8. The Labute approximate surface area is 229 Å². The van der Waals surface area contributed by atoms with Crippen LogP contribution < -0.4 is 0 Å². The highest BCUT2D eigenvalue weighted by Gasteiger charge is 2.43. The molecule has 5 nitrogen and oxygen atoms in total. The lowest BCUT2D eigenvalue weighted by molar-refractivity contribution is -0.152. The van der Waals surface area contributed by atoms with Crippen molar-refractivity contribution in [2.45, 2.75) is 57.2 Å². The summed E-state index contributed by atoms with van der Waals surface area (Å²) in [5, 5.41) is 9.73. The van der Waals surface area contributed by atoms with Gasteiger partial charge in [-0.05, 0) is 62.6 Å². The van der Waals surface area contributed by atoms with Gasteiger partial charge in [0.05, 0.1) is 42.0 Å². The van der Waals surface area contributed by atoms with Gasteiger partial charge in [0.2, 0.25) is 0 Å². The number of ether oxygens (including phenoxy) is 2. The number of hydrogen-bond donors (Lipinski definition) is 1. The maximum Gasteiger partial charge on any atom is 0.416 e. The molecule has 0 spiro atoms. The molecule has 2 aromatic carbocycles. The number of hydrogen-bond acceptors (Lipinski definition) is 4. The van der Waals surface area contributed by atoms with Crippen molar-refractivity contribution in [3.8, 4) is 0 Å². The standard InChI is InChI=1S/C29H33F6NO4/c1-18(20-11-22(28(30,31)32)13-23(12-20)29(33,34)35)40-24-16-39-15-21(25(24)19-7-4-3-5-8-19)14-36-10-6-9-27(2,17-36)26(37)38/h3-5,7-8,11-13,18,21,24-25H,6,9-10,14-17H2,1-2H3,(H,37,38)/t18-,21-,24+,25-,27-/m1/s1. The first-order chi connectivity index (χ1) is 18.7. The lowest BCUT2D eigenvalue weighted by Crippen LogP contribution is -2.50. The van der Waals surface area contributed by atoms with Crippen molar-refractivity contribution in [3.63, 3.8) is 0 Å². The number of carboxylic acid groups (broad SMARTS) is 1. The van der Waals surface area contributed by atoms with Crippen LogP contribution >= 0.6 is 0 Å². The molecule has 2 aromatic rings. The number of carbonyl (C=O) groups is 1. The predicted octanol–water partition coefficient (Wildman–Crippen LogP) is 6.79. The molecule has 2 aliphatic heterocycles. The molecule has 0 aliphatic carbocycles. The first kappa shape index (κ1) is 30.3. The van der Waals surface area contributed by atoms with Gasteiger partial charge in [0, 0.05) is 24.9 Å². The van der Waals surface area contributed by atoms with E-state index in [4.69, 9.17) is 9.47 Å². The molecule has 0 amide bonds. The average molecular weight is 574 g/mol. The molecule has 2 aliphatic rings. The Morgan fingerprint density at radius 1 is 1.07 bits per heavy atom. The minimum Gasteiger partial charge on any atom is -0.481 e. The van der Waals surface area contributed by atoms with Gasteiger partial charge in [0.25, 0.3) is 0 Å². The molecule has 40 heavy (non-hydrogen) atoms. The zero-order valence-corrected chi connectivity index (χ0v) is 22.3. The second-order valence-corrected chi connectivity index (χ2v) is 11.1. The molecule has 2 saturated heterocycles. The van der Waals surface area contributed by atoms with Crippen molar-refractivity contribution in [2.24, 2.45) is 11.3 Å². The van der Waals surface area contributed by atoms with Gasteiger partial charge in [-0.2, -0.15) is 26.3 Å². The SMILES string of the molecule is C[C@@H](O[C@H]1COC[C@@H](CN2CCC[C@@](C)(C(=O)O)C2)[C@H]1c1ccccc1)c1cc(C(F)(F)F)cc(C(F)(F)F)c1. The van der Waals surface area contributed by atoms with Crippen molar-refractivity contribution in [1.82, 2.24) is 4.90 Å². The van der Waals surface area contributed by atoms with Gasteiger partial charge in [-0.3, -0.25) is 4.79 Å². The van der Waals surface area contributed by atoms with Crippen LogP contribution in [0.15, 0.2) is 48.5 Å². The van der Waals surface area contributed by atoms with Gasteiger partial charge in [-0.25, -0.2) is 0 Å². The number of nitrogens with zero attached hydrogens (tertiary/aromatic N) is 1. The fraction of sp³-hybridized carbons (Fsp3) is 0.552. The molecular formula is C29H33F6NO4. The highest BCUT2D eigenvalue weighted by Crippen LogP contribution is 2.41. The monoisotopic (exact) mass is 573 g/mol. The van der Waals surface area contributed by atoms with E-state index in [0.717, 1.165) is 12.0 Å². The van der Waals surface area contributed by atoms with Crippen LogP contribution in [0.5, 0.6) is 0 Å². The number of rotatable bonds is 7. The Balaban J connectivity index is 1.61. The van der Waals surface area contributed by atoms with Crippen molar-refractivity contribution in [3.05, 3.63) is 70.8 Å². The number of benzene rings is 2. The van der Waals surface area contributed by atoms with Crippen LogP contribution in [0, 0.1) is 11.3 Å². The molecule has 0 saturated carbocycles. The van der Waals surface area contributed by atoms with E-state index in [2.05, 4.69) is 4.90 Å². The quantitative estimate of drug-likeness (QED) is 0.370. The largest absolute Gasteiger partial charge is 0.481 e. The van der Waals surface area contributed by atoms with Crippen LogP contribution in [0.2, 0.25) is 0 Å². The molecule has 2 fully saturated rings. The van der Waals surface area contributed by atoms with E-state index in [9.17, 15) is 36.2 Å². The molecule has 220 valence electrons. The zero-order chi connectivity index (χ0) is 29.3. The maximum absolute atomic E-state index is 13.5. The summed E-state index contributed by atoms with van der Waals surface area (Å²) in [6, 6.07) is 10.9. The first-order valence-electron chi connectivity index (χ1n) is 13.2. The summed E-state index contributed by atoms with van der Waals surface area (Å²) in [6.07, 6.45) is -10.4. The van der Waals surface area contributed by atoms with Gasteiger partial charge >= 0.3 is 18.3 Å². The summed E-state index contributed by atoms with van der Waals surface area (Å²) in [5.74, 6) is -1.27. The smallest absolute Gasteiger partial charge is 0.416 e. The van der Waals surface area contributed by atoms with Gasteiger partial charge in [0.15, 0.2) is 0 Å². The minimum absolute atomic E-state index is 0.103. The molecule has 0 radical (unpaired) electrons. The average Bonchev–Trinajstić information content (AvgIpc) is 2.88. The third kappa shape index (κ3) is 6.98. The number of likely N-dealkylation sites (tertiary alicyclic amines) is 1. The Morgan fingerprint density at radius 2 is 1.70 bits per heavy atom. The Kier molecular flexibility index (Phi) is 8.87. The van der Waals surface area contributed by atoms with Crippen LogP contribution in [-0.4, -0.2) is 54.9 Å². The summed E-state index contributed by atoms with van der Waals surface area (Å²) in [5.41, 5.74) is -2.98. The van der Waals surface area contributed by atoms with E-state index in [1.54, 1.807) is 6.92 Å². The van der Waals surface area contributed by atoms with Gasteiger partial charge in [0.1, 0.15) is 0 Å². The predicted molar refractivity (Wildman–Crippen MR) is 135 cm³/mol. The van der Waals surface area contributed by atoms with Crippen LogP contribution in [-0.2, 0) is 26.6 Å². The number of piperidine rings is 1. The molecule has 1 N–H and O–H groups in total. The van der Waals surface area contributed by atoms with Crippen LogP contribution in [0.1, 0.15) is 61.0 Å². The number of alkyl halides is 6. The maximum atomic E-state index is 13.5. The molecule has 0 aromatic heterocycles. The lowest BCUT2D eigenvalue weighted by Gasteiger charge is -2.44. The van der Waals surface area contributed by atoms with E-state index >= 15 is 0 Å². The molecular weight excluding hydrogens is 540 g/mol. The van der Waals surface area contributed by atoms with Crippen LogP contribution in [0.4, 0.5) is 26.3 Å². The van der Waals surface area contributed by atoms with E-state index < -0.39 is 47.1 Å². The van der Waals surface area contributed by atoms with E-state index in [-0.39, 0.29) is 30.1 Å². The topological polar surface area (TPSA) is 59.0 Å². The minimum atomic E-state index is -4.96. The highest BCUT2D eigenvalue weighted by atomic mass is 19.4. The Morgan fingerprint density at radius 3 is 2.27 bits per heavy atom. The molecule has 2 heterocycles. The number of aliphatic carboxylic acids is 1. The lowest BCUT2D eigenvalue weighted by atomic mass is 9.78. The summed E-state index contributed by atoms with van der Waals surface area (Å²) >= 11 is 0. The summed E-state index contributed by atoms with van der Waals surface area (Å²) in [4.78, 5) is 14.0. The third-order valence-electron chi connectivity index (χ3n) is 7.95. The van der Waals surface area contributed by atoms with E-state index in [1.165, 1.54) is 6.92 Å². The van der Waals surface area contributed by atoms with Gasteiger partial charge in [-0.1, -0.05) is 30.3 Å². The fourth-order valence-electron chi connectivity index (χ4n) is 5.86. The first-order valence-corrected chi connectivity index (χ1v) is 13.2. The number of halogens is 6. The molecule has 4 rings (SSSR count). The van der Waals surface area contributed by atoms with Crippen molar-refractivity contribution in [1.29, 1.82) is 0 Å². The second kappa shape index (κ2) is 11.7. The van der Waals surface area contributed by atoms with E-state index in [0.29, 0.717) is 44.8 Å². The normalized spacial score (nSPS) is 27.4. The molecule has 11 heteroatoms. The second-order valence-electron chi connectivity index (χ2n) is 11.1. The molecule has 0 bridgehead atoms. The number of carboxylic acids is 1. The van der Waals surface area contributed by atoms with Crippen molar-refractivity contribution in [2.75, 3.05) is 32.8 Å².